The lowest BCUT2D eigenvalue weighted by molar-refractivity contribution is 0.0326. The molecule has 0 fully saturated rings. The number of hydrogen-bond acceptors (Lipinski definition) is 6. The summed E-state index contributed by atoms with van der Waals surface area (Å²) in [5.74, 6) is -1.01. The summed E-state index contributed by atoms with van der Waals surface area (Å²) >= 11 is 0. The van der Waals surface area contributed by atoms with E-state index in [1.807, 2.05) is 19.1 Å². The number of nitrogens with one attached hydrogen (secondary N) is 1. The van der Waals surface area contributed by atoms with E-state index in [1.165, 1.54) is 24.5 Å². The zero-order valence-corrected chi connectivity index (χ0v) is 16.1. The van der Waals surface area contributed by atoms with E-state index >= 15 is 0 Å². The van der Waals surface area contributed by atoms with Gasteiger partial charge in [-0.25, -0.2) is 10.2 Å². The number of rotatable bonds is 5. The third kappa shape index (κ3) is 3.77. The third-order valence-electron chi connectivity index (χ3n) is 4.99. The molecule has 1 aliphatic heterocycles. The highest BCUT2D eigenvalue weighted by molar-refractivity contribution is 6.05. The summed E-state index contributed by atoms with van der Waals surface area (Å²) in [5, 5.41) is 14.0. The minimum atomic E-state index is -0.543. The molecule has 150 valence electrons. The van der Waals surface area contributed by atoms with Crippen molar-refractivity contribution in [3.05, 3.63) is 95.3 Å². The molecule has 0 saturated heterocycles. The number of hydrazone groups is 1. The van der Waals surface area contributed by atoms with E-state index in [0.29, 0.717) is 22.4 Å². The number of phenols is 1. The number of benzene rings is 2. The highest BCUT2D eigenvalue weighted by atomic mass is 16.5. The summed E-state index contributed by atoms with van der Waals surface area (Å²) in [7, 11) is 0. The molecule has 7 heteroatoms. The van der Waals surface area contributed by atoms with Crippen molar-refractivity contribution in [3.8, 4) is 5.75 Å². The standard InChI is InChI=1S/C23H19N3O4/c1-14(21-18-4-2-3-5-19(18)23(29)30-21)20(15-6-8-17(27)9-7-15)25-26-22(28)16-10-12-24-13-11-16/h2-14,21,27H,1H3,(H,26,28)/b25-20+/t14-,21+/m1/s1. The zero-order valence-electron chi connectivity index (χ0n) is 16.1. The number of carbonyl (C=O) groups is 2. The highest BCUT2D eigenvalue weighted by Crippen LogP contribution is 2.37. The first-order valence-corrected chi connectivity index (χ1v) is 9.42. The number of amides is 1. The van der Waals surface area contributed by atoms with Crippen LogP contribution in [0.3, 0.4) is 0 Å². The minimum absolute atomic E-state index is 0.115. The molecular formula is C23H19N3O4. The van der Waals surface area contributed by atoms with Crippen LogP contribution in [0.4, 0.5) is 0 Å². The Labute approximate surface area is 173 Å². The molecule has 3 aromatic rings. The maximum absolute atomic E-state index is 12.5. The van der Waals surface area contributed by atoms with Gasteiger partial charge in [0.15, 0.2) is 0 Å². The second kappa shape index (κ2) is 8.16. The van der Waals surface area contributed by atoms with Crippen molar-refractivity contribution < 1.29 is 19.4 Å². The molecule has 2 heterocycles. The molecule has 0 radical (unpaired) electrons. The molecule has 2 N–H and O–H groups in total. The van der Waals surface area contributed by atoms with Gasteiger partial charge in [0.1, 0.15) is 11.9 Å². The Bertz CT molecular complexity index is 1110. The predicted octanol–water partition coefficient (Wildman–Crippen LogP) is 3.47. The molecule has 1 amide bonds. The van der Waals surface area contributed by atoms with Crippen LogP contribution in [0.5, 0.6) is 5.75 Å². The lowest BCUT2D eigenvalue weighted by atomic mass is 9.89. The van der Waals surface area contributed by atoms with Crippen LogP contribution < -0.4 is 5.43 Å². The van der Waals surface area contributed by atoms with Gasteiger partial charge in [-0.3, -0.25) is 9.78 Å². The van der Waals surface area contributed by atoms with Gasteiger partial charge >= 0.3 is 5.97 Å². The van der Waals surface area contributed by atoms with Crippen LogP contribution in [0, 0.1) is 5.92 Å². The molecule has 0 saturated carbocycles. The molecule has 1 aliphatic rings. The lowest BCUT2D eigenvalue weighted by Crippen LogP contribution is -2.26. The molecule has 2 aromatic carbocycles. The Morgan fingerprint density at radius 2 is 1.77 bits per heavy atom. The monoisotopic (exact) mass is 401 g/mol. The van der Waals surface area contributed by atoms with Gasteiger partial charge in [-0.2, -0.15) is 5.10 Å². The number of nitrogens with zero attached hydrogens (tertiary/aromatic N) is 2. The van der Waals surface area contributed by atoms with Crippen LogP contribution >= 0.6 is 0 Å². The molecule has 30 heavy (non-hydrogen) atoms. The number of pyridine rings is 1. The van der Waals surface area contributed by atoms with Crippen LogP contribution in [0.25, 0.3) is 0 Å². The lowest BCUT2D eigenvalue weighted by Gasteiger charge is -2.21. The van der Waals surface area contributed by atoms with Gasteiger partial charge in [0.05, 0.1) is 11.3 Å². The summed E-state index contributed by atoms with van der Waals surface area (Å²) in [6.45, 7) is 1.88. The number of phenolic OH excluding ortho intramolecular Hbond substituents is 1. The van der Waals surface area contributed by atoms with Crippen molar-refractivity contribution in [2.45, 2.75) is 13.0 Å². The number of aromatic hydroxyl groups is 1. The summed E-state index contributed by atoms with van der Waals surface area (Å²) in [5.41, 5.74) is 5.51. The Kier molecular flexibility index (Phi) is 5.26. The number of fused-ring (bicyclic) bond motifs is 1. The first-order valence-electron chi connectivity index (χ1n) is 9.42. The number of carbonyl (C=O) groups excluding carboxylic acids is 2. The number of esters is 1. The van der Waals surface area contributed by atoms with E-state index in [4.69, 9.17) is 4.74 Å². The normalized spacial score (nSPS) is 16.5. The minimum Gasteiger partial charge on any atom is -0.508 e. The number of aromatic nitrogens is 1. The second-order valence-electron chi connectivity index (χ2n) is 6.92. The summed E-state index contributed by atoms with van der Waals surface area (Å²) in [4.78, 5) is 28.6. The highest BCUT2D eigenvalue weighted by Gasteiger charge is 2.37. The van der Waals surface area contributed by atoms with Crippen molar-refractivity contribution in [3.63, 3.8) is 0 Å². The van der Waals surface area contributed by atoms with Crippen LogP contribution in [-0.4, -0.2) is 27.7 Å². The fraction of sp³-hybridized carbons (Fsp3) is 0.130. The van der Waals surface area contributed by atoms with E-state index in [9.17, 15) is 14.7 Å². The van der Waals surface area contributed by atoms with Crippen molar-refractivity contribution >= 4 is 17.6 Å². The Morgan fingerprint density at radius 3 is 2.50 bits per heavy atom. The molecule has 0 bridgehead atoms. The first kappa shape index (κ1) is 19.3. The van der Waals surface area contributed by atoms with Crippen molar-refractivity contribution in [2.24, 2.45) is 11.0 Å². The smallest absolute Gasteiger partial charge is 0.339 e. The summed E-state index contributed by atoms with van der Waals surface area (Å²) in [6.07, 6.45) is 2.51. The molecule has 4 rings (SSSR count). The topological polar surface area (TPSA) is 101 Å². The molecule has 0 unspecified atom stereocenters. The molecule has 1 aromatic heterocycles. The van der Waals surface area contributed by atoms with Crippen LogP contribution in [0.2, 0.25) is 0 Å². The van der Waals surface area contributed by atoms with Gasteiger partial charge in [0.25, 0.3) is 5.91 Å². The van der Waals surface area contributed by atoms with E-state index < -0.39 is 6.10 Å². The third-order valence-corrected chi connectivity index (χ3v) is 4.99. The van der Waals surface area contributed by atoms with Gasteiger partial charge in [-0.05, 0) is 48.0 Å². The number of ether oxygens (including phenoxy) is 1. The van der Waals surface area contributed by atoms with Crippen molar-refractivity contribution in [1.29, 1.82) is 0 Å². The average Bonchev–Trinajstić information content (AvgIpc) is 3.12. The maximum atomic E-state index is 12.5. The number of hydrogen-bond donors (Lipinski definition) is 2. The number of cyclic esters (lactones) is 1. The van der Waals surface area contributed by atoms with Crippen LogP contribution in [0.1, 0.15) is 44.9 Å². The van der Waals surface area contributed by atoms with Gasteiger partial charge in [-0.15, -0.1) is 0 Å². The van der Waals surface area contributed by atoms with Crippen LogP contribution in [-0.2, 0) is 4.74 Å². The van der Waals surface area contributed by atoms with E-state index in [0.717, 1.165) is 5.56 Å². The fourth-order valence-electron chi connectivity index (χ4n) is 3.43. The molecular weight excluding hydrogens is 382 g/mol. The summed E-state index contributed by atoms with van der Waals surface area (Å²) < 4.78 is 5.62. The largest absolute Gasteiger partial charge is 0.508 e. The summed E-state index contributed by atoms with van der Waals surface area (Å²) in [6, 6.07) is 16.9. The van der Waals surface area contributed by atoms with Crippen molar-refractivity contribution in [2.75, 3.05) is 0 Å². The molecule has 0 aliphatic carbocycles. The average molecular weight is 401 g/mol. The zero-order chi connectivity index (χ0) is 21.1. The fourth-order valence-corrected chi connectivity index (χ4v) is 3.43. The van der Waals surface area contributed by atoms with Gasteiger partial charge < -0.3 is 9.84 Å². The maximum Gasteiger partial charge on any atom is 0.339 e. The second-order valence-corrected chi connectivity index (χ2v) is 6.92. The SMILES string of the molecule is C[C@H](/C(=N\NC(=O)c1ccncc1)c1ccc(O)cc1)[C@@H]1OC(=O)c2ccccc21. The van der Waals surface area contributed by atoms with E-state index in [2.05, 4.69) is 15.5 Å². The molecule has 2 atom stereocenters. The van der Waals surface area contributed by atoms with Gasteiger partial charge in [0.2, 0.25) is 0 Å². The van der Waals surface area contributed by atoms with Crippen molar-refractivity contribution in [1.82, 2.24) is 10.4 Å². The predicted molar refractivity (Wildman–Crippen MR) is 110 cm³/mol. The first-order chi connectivity index (χ1) is 14.5. The quantitative estimate of drug-likeness (QED) is 0.387. The Balaban J connectivity index is 1.68. The van der Waals surface area contributed by atoms with Gasteiger partial charge in [0, 0.05) is 29.4 Å². The molecule has 7 nitrogen and oxygen atoms in total. The van der Waals surface area contributed by atoms with E-state index in [-0.39, 0.29) is 23.5 Å². The Hall–Kier alpha value is -4.00. The van der Waals surface area contributed by atoms with Crippen LogP contribution in [0.15, 0.2) is 78.2 Å². The van der Waals surface area contributed by atoms with E-state index in [1.54, 1.807) is 36.4 Å². The van der Waals surface area contributed by atoms with Gasteiger partial charge in [-0.1, -0.05) is 25.1 Å². The Morgan fingerprint density at radius 1 is 1.07 bits per heavy atom. The molecule has 0 spiro atoms.